The molecular weight excluding hydrogens is 184 g/mol. The molecule has 2 N–H and O–H groups in total. The second-order valence-electron chi connectivity index (χ2n) is 4.09. The normalized spacial score (nSPS) is 21.6. The molecule has 2 rings (SSSR count). The van der Waals surface area contributed by atoms with Crippen LogP contribution in [0.3, 0.4) is 0 Å². The molecule has 1 heterocycles. The van der Waals surface area contributed by atoms with Gasteiger partial charge in [0.05, 0.1) is 6.04 Å². The van der Waals surface area contributed by atoms with Crippen LogP contribution in [0.4, 0.5) is 4.79 Å². The second-order valence-corrected chi connectivity index (χ2v) is 4.09. The topological polar surface area (TPSA) is 69.6 Å². The van der Waals surface area contributed by atoms with Crippen molar-refractivity contribution < 1.29 is 14.7 Å². The summed E-state index contributed by atoms with van der Waals surface area (Å²) in [6, 6.07) is -0.0596. The number of nitrogens with zero attached hydrogens (tertiary/aromatic N) is 1. The summed E-state index contributed by atoms with van der Waals surface area (Å²) in [7, 11) is 0. The molecule has 14 heavy (non-hydrogen) atoms. The van der Waals surface area contributed by atoms with Gasteiger partial charge in [-0.15, -0.1) is 0 Å². The highest BCUT2D eigenvalue weighted by Crippen LogP contribution is 2.33. The van der Waals surface area contributed by atoms with Crippen LogP contribution >= 0.6 is 0 Å². The third-order valence-electron chi connectivity index (χ3n) is 2.72. The summed E-state index contributed by atoms with van der Waals surface area (Å²) in [5, 5.41) is 10.8. The smallest absolute Gasteiger partial charge is 0.405 e. The van der Waals surface area contributed by atoms with Crippen molar-refractivity contribution in [1.29, 1.82) is 0 Å². The largest absolute Gasteiger partial charge is 0.465 e. The monoisotopic (exact) mass is 198 g/mol. The number of amides is 2. The van der Waals surface area contributed by atoms with Crippen LogP contribution in [0.15, 0.2) is 0 Å². The quantitative estimate of drug-likeness (QED) is 0.683. The number of rotatable bonds is 3. The van der Waals surface area contributed by atoms with Gasteiger partial charge >= 0.3 is 6.09 Å². The maximum atomic E-state index is 11.5. The van der Waals surface area contributed by atoms with Gasteiger partial charge in [0.1, 0.15) is 0 Å². The summed E-state index contributed by atoms with van der Waals surface area (Å²) in [6.45, 7) is 1.08. The highest BCUT2D eigenvalue weighted by molar-refractivity contribution is 5.78. The Hall–Kier alpha value is -1.26. The molecule has 2 amide bonds. The van der Waals surface area contributed by atoms with E-state index in [2.05, 4.69) is 5.32 Å². The van der Waals surface area contributed by atoms with Crippen molar-refractivity contribution in [3.05, 3.63) is 0 Å². The first-order valence-corrected chi connectivity index (χ1v) is 4.92. The lowest BCUT2D eigenvalue weighted by atomic mass is 10.1. The molecule has 0 atom stereocenters. The van der Waals surface area contributed by atoms with Gasteiger partial charge in [-0.1, -0.05) is 0 Å². The van der Waals surface area contributed by atoms with Gasteiger partial charge in [0, 0.05) is 19.5 Å². The molecule has 1 aliphatic carbocycles. The number of carbonyl (C=O) groups is 2. The first-order valence-electron chi connectivity index (χ1n) is 4.92. The van der Waals surface area contributed by atoms with E-state index in [4.69, 9.17) is 5.11 Å². The zero-order valence-corrected chi connectivity index (χ0v) is 7.90. The third kappa shape index (κ3) is 2.16. The van der Waals surface area contributed by atoms with Crippen molar-refractivity contribution in [3.63, 3.8) is 0 Å². The molecule has 1 aliphatic heterocycles. The van der Waals surface area contributed by atoms with E-state index < -0.39 is 6.09 Å². The van der Waals surface area contributed by atoms with E-state index in [9.17, 15) is 9.59 Å². The van der Waals surface area contributed by atoms with Crippen molar-refractivity contribution in [1.82, 2.24) is 10.2 Å². The fourth-order valence-corrected chi connectivity index (χ4v) is 1.65. The predicted octanol–water partition coefficient (Wildman–Crippen LogP) is 0.265. The van der Waals surface area contributed by atoms with Gasteiger partial charge in [0.2, 0.25) is 5.91 Å². The standard InChI is InChI=1S/C9H14N2O3/c12-8(3-6-1-2-6)11-4-7(5-11)10-9(13)14/h6-7,10H,1-5H2,(H,13,14). The number of hydrogen-bond donors (Lipinski definition) is 2. The molecule has 0 aromatic carbocycles. The van der Waals surface area contributed by atoms with E-state index in [0.717, 1.165) is 0 Å². The molecule has 78 valence electrons. The zero-order chi connectivity index (χ0) is 10.1. The highest BCUT2D eigenvalue weighted by atomic mass is 16.4. The van der Waals surface area contributed by atoms with Crippen LogP contribution in [0.25, 0.3) is 0 Å². The Labute approximate surface area is 82.1 Å². The van der Waals surface area contributed by atoms with Gasteiger partial charge in [0.25, 0.3) is 0 Å². The lowest BCUT2D eigenvalue weighted by Crippen LogP contribution is -2.60. The number of carboxylic acid groups (broad SMARTS) is 1. The summed E-state index contributed by atoms with van der Waals surface area (Å²) in [6.07, 6.45) is 2.00. The minimum Gasteiger partial charge on any atom is -0.465 e. The molecule has 0 aromatic rings. The van der Waals surface area contributed by atoms with Crippen LogP contribution in [0.1, 0.15) is 19.3 Å². The third-order valence-corrected chi connectivity index (χ3v) is 2.72. The van der Waals surface area contributed by atoms with E-state index >= 15 is 0 Å². The number of likely N-dealkylation sites (tertiary alicyclic amines) is 1. The minimum atomic E-state index is -1.01. The summed E-state index contributed by atoms with van der Waals surface area (Å²) < 4.78 is 0. The molecule has 2 fully saturated rings. The Morgan fingerprint density at radius 3 is 2.50 bits per heavy atom. The molecule has 0 bridgehead atoms. The molecule has 5 nitrogen and oxygen atoms in total. The number of nitrogens with one attached hydrogen (secondary N) is 1. The number of hydrogen-bond acceptors (Lipinski definition) is 2. The molecule has 1 saturated carbocycles. The fraction of sp³-hybridized carbons (Fsp3) is 0.778. The average molecular weight is 198 g/mol. The van der Waals surface area contributed by atoms with E-state index in [-0.39, 0.29) is 11.9 Å². The van der Waals surface area contributed by atoms with Gasteiger partial charge in [-0.05, 0) is 18.8 Å². The van der Waals surface area contributed by atoms with Crippen molar-refractivity contribution in [2.75, 3.05) is 13.1 Å². The van der Waals surface area contributed by atoms with E-state index in [0.29, 0.717) is 25.4 Å². The average Bonchev–Trinajstić information content (AvgIpc) is 2.78. The lowest BCUT2D eigenvalue weighted by molar-refractivity contribution is -0.136. The van der Waals surface area contributed by atoms with E-state index in [1.165, 1.54) is 12.8 Å². The van der Waals surface area contributed by atoms with Crippen LogP contribution in [-0.4, -0.2) is 41.1 Å². The van der Waals surface area contributed by atoms with Gasteiger partial charge in [0.15, 0.2) is 0 Å². The van der Waals surface area contributed by atoms with Gasteiger partial charge in [-0.25, -0.2) is 4.79 Å². The lowest BCUT2D eigenvalue weighted by Gasteiger charge is -2.39. The fourth-order valence-electron chi connectivity index (χ4n) is 1.65. The van der Waals surface area contributed by atoms with Crippen molar-refractivity contribution >= 4 is 12.0 Å². The van der Waals surface area contributed by atoms with Crippen LogP contribution in [0.5, 0.6) is 0 Å². The van der Waals surface area contributed by atoms with E-state index in [1.54, 1.807) is 4.90 Å². The molecular formula is C9H14N2O3. The maximum Gasteiger partial charge on any atom is 0.405 e. The molecule has 0 radical (unpaired) electrons. The van der Waals surface area contributed by atoms with Crippen molar-refractivity contribution in [2.24, 2.45) is 5.92 Å². The second kappa shape index (κ2) is 3.48. The molecule has 5 heteroatoms. The summed E-state index contributed by atoms with van der Waals surface area (Å²) in [4.78, 5) is 23.4. The van der Waals surface area contributed by atoms with Crippen molar-refractivity contribution in [2.45, 2.75) is 25.3 Å². The summed E-state index contributed by atoms with van der Waals surface area (Å²) in [5.41, 5.74) is 0. The van der Waals surface area contributed by atoms with Gasteiger partial charge in [-0.3, -0.25) is 4.79 Å². The Morgan fingerprint density at radius 1 is 1.36 bits per heavy atom. The minimum absolute atomic E-state index is 0.0596. The molecule has 0 aromatic heterocycles. The van der Waals surface area contributed by atoms with Crippen LogP contribution in [0, 0.1) is 5.92 Å². The highest BCUT2D eigenvalue weighted by Gasteiger charge is 2.34. The van der Waals surface area contributed by atoms with Crippen LogP contribution in [0.2, 0.25) is 0 Å². The molecule has 1 saturated heterocycles. The summed E-state index contributed by atoms with van der Waals surface area (Å²) >= 11 is 0. The first kappa shape index (κ1) is 9.30. The Morgan fingerprint density at radius 2 is 2.00 bits per heavy atom. The van der Waals surface area contributed by atoms with Gasteiger partial charge < -0.3 is 15.3 Å². The Kier molecular flexibility index (Phi) is 2.31. The summed E-state index contributed by atoms with van der Waals surface area (Å²) in [5.74, 6) is 0.782. The predicted molar refractivity (Wildman–Crippen MR) is 48.9 cm³/mol. The van der Waals surface area contributed by atoms with Crippen LogP contribution < -0.4 is 5.32 Å². The molecule has 2 aliphatic rings. The maximum absolute atomic E-state index is 11.5. The number of carbonyl (C=O) groups excluding carboxylic acids is 1. The van der Waals surface area contributed by atoms with E-state index in [1.807, 2.05) is 0 Å². The SMILES string of the molecule is O=C(O)NC1CN(C(=O)CC2CC2)C1. The zero-order valence-electron chi connectivity index (χ0n) is 7.90. The Balaban J connectivity index is 1.65. The first-order chi connectivity index (χ1) is 6.65. The van der Waals surface area contributed by atoms with Crippen LogP contribution in [-0.2, 0) is 4.79 Å². The molecule has 0 spiro atoms. The molecule has 0 unspecified atom stereocenters. The Bertz CT molecular complexity index is 257. The van der Waals surface area contributed by atoms with Gasteiger partial charge in [-0.2, -0.15) is 0 Å². The van der Waals surface area contributed by atoms with Crippen molar-refractivity contribution in [3.8, 4) is 0 Å².